The summed E-state index contributed by atoms with van der Waals surface area (Å²) in [5.74, 6) is -0.192. The lowest BCUT2D eigenvalue weighted by atomic mass is 10.1. The van der Waals surface area contributed by atoms with Crippen molar-refractivity contribution in [2.45, 2.75) is 45.6 Å². The van der Waals surface area contributed by atoms with Gasteiger partial charge < -0.3 is 16.0 Å². The molecule has 1 aliphatic rings. The third kappa shape index (κ3) is 3.80. The van der Waals surface area contributed by atoms with Crippen LogP contribution in [0.4, 0.5) is 11.4 Å². The first kappa shape index (κ1) is 15.9. The Kier molecular flexibility index (Phi) is 4.64. The molecule has 0 aromatic heterocycles. The smallest absolute Gasteiger partial charge is 0.243 e. The van der Waals surface area contributed by atoms with E-state index in [1.54, 1.807) is 13.8 Å². The number of benzene rings is 1. The number of aryl methyl sites for hydroxylation is 1. The molecule has 4 nitrogen and oxygen atoms in total. The molecule has 0 atom stereocenters. The summed E-state index contributed by atoms with van der Waals surface area (Å²) in [6.07, 6.45) is 3.32. The van der Waals surface area contributed by atoms with Gasteiger partial charge in [-0.15, -0.1) is 0 Å². The van der Waals surface area contributed by atoms with Crippen LogP contribution in [-0.4, -0.2) is 23.0 Å². The second kappa shape index (κ2) is 6.12. The van der Waals surface area contributed by atoms with Gasteiger partial charge in [0.25, 0.3) is 0 Å². The molecule has 1 amide bonds. The summed E-state index contributed by atoms with van der Waals surface area (Å²) in [7, 11) is 0. The zero-order valence-corrected chi connectivity index (χ0v) is 13.7. The van der Waals surface area contributed by atoms with Crippen molar-refractivity contribution in [3.63, 3.8) is 0 Å². The monoisotopic (exact) mass is 305 g/mol. The van der Waals surface area contributed by atoms with Crippen LogP contribution >= 0.6 is 12.2 Å². The highest BCUT2D eigenvalue weighted by molar-refractivity contribution is 7.80. The summed E-state index contributed by atoms with van der Waals surface area (Å²) in [6.45, 7) is 6.39. The first-order valence-electron chi connectivity index (χ1n) is 7.30. The standard InChI is InChI=1S/C16H23N3OS/c1-11-10-12(18-15(20)16(2,3)17)7-8-13(11)19-9-5-4-6-14(19)21/h7-8,10H,4-6,9,17H2,1-3H3,(H,18,20). The average Bonchev–Trinajstić information content (AvgIpc) is 2.39. The van der Waals surface area contributed by atoms with E-state index in [0.29, 0.717) is 0 Å². The Bertz CT molecular complexity index is 563. The lowest BCUT2D eigenvalue weighted by Crippen LogP contribution is -2.45. The topological polar surface area (TPSA) is 58.4 Å². The van der Waals surface area contributed by atoms with Gasteiger partial charge in [0.1, 0.15) is 0 Å². The van der Waals surface area contributed by atoms with Gasteiger partial charge in [-0.25, -0.2) is 0 Å². The summed E-state index contributed by atoms with van der Waals surface area (Å²) in [5.41, 5.74) is 7.90. The van der Waals surface area contributed by atoms with Crippen molar-refractivity contribution in [2.75, 3.05) is 16.8 Å². The number of anilines is 2. The number of nitrogens with zero attached hydrogens (tertiary/aromatic N) is 1. The lowest BCUT2D eigenvalue weighted by Gasteiger charge is -2.31. The average molecular weight is 305 g/mol. The molecular formula is C16H23N3OS. The van der Waals surface area contributed by atoms with Crippen LogP contribution in [0.2, 0.25) is 0 Å². The molecule has 1 fully saturated rings. The molecule has 0 bridgehead atoms. The Morgan fingerprint density at radius 3 is 2.67 bits per heavy atom. The van der Waals surface area contributed by atoms with Crippen molar-refractivity contribution < 1.29 is 4.79 Å². The SMILES string of the molecule is Cc1cc(NC(=O)C(C)(C)N)ccc1N1CCCCC1=S. The number of hydrogen-bond donors (Lipinski definition) is 2. The summed E-state index contributed by atoms with van der Waals surface area (Å²) in [4.78, 5) is 15.1. The molecule has 0 saturated carbocycles. The van der Waals surface area contributed by atoms with Crippen LogP contribution < -0.4 is 16.0 Å². The highest BCUT2D eigenvalue weighted by Crippen LogP contribution is 2.27. The van der Waals surface area contributed by atoms with E-state index in [1.165, 1.54) is 12.8 Å². The molecule has 0 radical (unpaired) electrons. The second-order valence-corrected chi connectivity index (χ2v) is 6.65. The van der Waals surface area contributed by atoms with Gasteiger partial charge in [-0.1, -0.05) is 12.2 Å². The van der Waals surface area contributed by atoms with Gasteiger partial charge in [-0.2, -0.15) is 0 Å². The number of nitrogens with one attached hydrogen (secondary N) is 1. The maximum absolute atomic E-state index is 11.9. The fraction of sp³-hybridized carbons (Fsp3) is 0.500. The fourth-order valence-corrected chi connectivity index (χ4v) is 2.72. The number of amides is 1. The molecule has 1 saturated heterocycles. The fourth-order valence-electron chi connectivity index (χ4n) is 2.39. The van der Waals surface area contributed by atoms with Gasteiger partial charge in [0.05, 0.1) is 10.5 Å². The quantitative estimate of drug-likeness (QED) is 0.843. The molecule has 1 aromatic rings. The molecular weight excluding hydrogens is 282 g/mol. The first-order valence-corrected chi connectivity index (χ1v) is 7.71. The number of rotatable bonds is 3. The van der Waals surface area contributed by atoms with Crippen LogP contribution in [0.3, 0.4) is 0 Å². The Hall–Kier alpha value is -1.46. The Balaban J connectivity index is 2.18. The maximum atomic E-state index is 11.9. The molecule has 1 heterocycles. The number of piperidine rings is 1. The highest BCUT2D eigenvalue weighted by Gasteiger charge is 2.22. The molecule has 1 aromatic carbocycles. The molecule has 21 heavy (non-hydrogen) atoms. The zero-order chi connectivity index (χ0) is 15.6. The van der Waals surface area contributed by atoms with E-state index in [0.717, 1.165) is 34.9 Å². The van der Waals surface area contributed by atoms with E-state index in [4.69, 9.17) is 18.0 Å². The number of thiocarbonyl (C=S) groups is 1. The van der Waals surface area contributed by atoms with Crippen molar-refractivity contribution >= 4 is 34.5 Å². The van der Waals surface area contributed by atoms with E-state index in [1.807, 2.05) is 25.1 Å². The summed E-state index contributed by atoms with van der Waals surface area (Å²) in [6, 6.07) is 5.89. The number of carbonyl (C=O) groups is 1. The predicted molar refractivity (Wildman–Crippen MR) is 91.9 cm³/mol. The minimum Gasteiger partial charge on any atom is -0.336 e. The van der Waals surface area contributed by atoms with E-state index in [-0.39, 0.29) is 5.91 Å². The van der Waals surface area contributed by atoms with Gasteiger partial charge in [-0.3, -0.25) is 4.79 Å². The van der Waals surface area contributed by atoms with Crippen LogP contribution in [0.5, 0.6) is 0 Å². The van der Waals surface area contributed by atoms with Gasteiger partial charge >= 0.3 is 0 Å². The third-order valence-corrected chi connectivity index (χ3v) is 4.08. The van der Waals surface area contributed by atoms with Crippen LogP contribution in [0.1, 0.15) is 38.7 Å². The Morgan fingerprint density at radius 2 is 2.10 bits per heavy atom. The number of hydrogen-bond acceptors (Lipinski definition) is 3. The normalized spacial score (nSPS) is 16.0. The van der Waals surface area contributed by atoms with E-state index in [2.05, 4.69) is 10.2 Å². The largest absolute Gasteiger partial charge is 0.336 e. The molecule has 0 aliphatic carbocycles. The summed E-state index contributed by atoms with van der Waals surface area (Å²) < 4.78 is 0. The number of carbonyl (C=O) groups excluding carboxylic acids is 1. The molecule has 0 unspecified atom stereocenters. The molecule has 3 N–H and O–H groups in total. The van der Waals surface area contributed by atoms with E-state index in [9.17, 15) is 4.79 Å². The van der Waals surface area contributed by atoms with Crippen molar-refractivity contribution in [2.24, 2.45) is 5.73 Å². The number of nitrogens with two attached hydrogens (primary N) is 1. The minimum absolute atomic E-state index is 0.192. The second-order valence-electron chi connectivity index (χ2n) is 6.18. The first-order chi connectivity index (χ1) is 9.79. The molecule has 5 heteroatoms. The molecule has 1 aliphatic heterocycles. The molecule has 0 spiro atoms. The maximum Gasteiger partial charge on any atom is 0.243 e. The molecule has 114 valence electrons. The Labute approximate surface area is 131 Å². The van der Waals surface area contributed by atoms with Crippen molar-refractivity contribution in [3.8, 4) is 0 Å². The highest BCUT2D eigenvalue weighted by atomic mass is 32.1. The van der Waals surface area contributed by atoms with Crippen molar-refractivity contribution in [3.05, 3.63) is 23.8 Å². The zero-order valence-electron chi connectivity index (χ0n) is 12.9. The van der Waals surface area contributed by atoms with Gasteiger partial charge in [0, 0.05) is 17.9 Å². The van der Waals surface area contributed by atoms with E-state index >= 15 is 0 Å². The summed E-state index contributed by atoms with van der Waals surface area (Å²) >= 11 is 5.46. The van der Waals surface area contributed by atoms with E-state index < -0.39 is 5.54 Å². The van der Waals surface area contributed by atoms with Crippen LogP contribution in [0, 0.1) is 6.92 Å². The van der Waals surface area contributed by atoms with Crippen molar-refractivity contribution in [1.82, 2.24) is 0 Å². The third-order valence-electron chi connectivity index (χ3n) is 3.65. The predicted octanol–water partition coefficient (Wildman–Crippen LogP) is 2.99. The van der Waals surface area contributed by atoms with Gasteiger partial charge in [-0.05, 0) is 63.8 Å². The summed E-state index contributed by atoms with van der Waals surface area (Å²) in [5, 5.41) is 2.85. The van der Waals surface area contributed by atoms with Crippen molar-refractivity contribution in [1.29, 1.82) is 0 Å². The van der Waals surface area contributed by atoms with Gasteiger partial charge in [0.15, 0.2) is 0 Å². The van der Waals surface area contributed by atoms with Crippen LogP contribution in [0.25, 0.3) is 0 Å². The molecule has 2 rings (SSSR count). The van der Waals surface area contributed by atoms with Crippen LogP contribution in [0.15, 0.2) is 18.2 Å². The Morgan fingerprint density at radius 1 is 1.38 bits per heavy atom. The van der Waals surface area contributed by atoms with Crippen LogP contribution in [-0.2, 0) is 4.79 Å². The van der Waals surface area contributed by atoms with Gasteiger partial charge in [0.2, 0.25) is 5.91 Å². The minimum atomic E-state index is -0.888. The lowest BCUT2D eigenvalue weighted by molar-refractivity contribution is -0.120.